The van der Waals surface area contributed by atoms with E-state index < -0.39 is 0 Å². The molecule has 0 aliphatic heterocycles. The van der Waals surface area contributed by atoms with E-state index in [1.54, 1.807) is 16.8 Å². The van der Waals surface area contributed by atoms with Crippen molar-refractivity contribution in [3.63, 3.8) is 0 Å². The van der Waals surface area contributed by atoms with Crippen LogP contribution >= 0.6 is 0 Å². The Morgan fingerprint density at radius 3 is 2.71 bits per heavy atom. The van der Waals surface area contributed by atoms with Crippen LogP contribution in [0.2, 0.25) is 0 Å². The van der Waals surface area contributed by atoms with Gasteiger partial charge in [-0.1, -0.05) is 12.1 Å². The lowest BCUT2D eigenvalue weighted by molar-refractivity contribution is 0.627. The summed E-state index contributed by atoms with van der Waals surface area (Å²) in [6, 6.07) is 6.74. The molecular weight excluding hydrogens is 217 g/mol. The molecule has 0 saturated heterocycles. The van der Waals surface area contributed by atoms with Gasteiger partial charge in [0.1, 0.15) is 5.82 Å². The van der Waals surface area contributed by atoms with Gasteiger partial charge in [-0.15, -0.1) is 0 Å². The fourth-order valence-corrected chi connectivity index (χ4v) is 2.09. The van der Waals surface area contributed by atoms with Crippen LogP contribution in [0.3, 0.4) is 0 Å². The quantitative estimate of drug-likeness (QED) is 0.881. The zero-order valence-electron chi connectivity index (χ0n) is 10.1. The minimum Gasteiger partial charge on any atom is -0.330 e. The maximum Gasteiger partial charge on any atom is 0.132 e. The van der Waals surface area contributed by atoms with Gasteiger partial charge in [-0.25, -0.2) is 4.39 Å². The van der Waals surface area contributed by atoms with Crippen LogP contribution in [-0.2, 0) is 13.5 Å². The molecule has 2 rings (SSSR count). The van der Waals surface area contributed by atoms with E-state index in [0.717, 1.165) is 17.0 Å². The van der Waals surface area contributed by atoms with Gasteiger partial charge in [-0.3, -0.25) is 4.68 Å². The molecule has 1 aromatic heterocycles. The van der Waals surface area contributed by atoms with Crippen LogP contribution in [0.4, 0.5) is 4.39 Å². The molecule has 2 aromatic rings. The lowest BCUT2D eigenvalue weighted by Gasteiger charge is -2.05. The first-order chi connectivity index (χ1) is 8.15. The number of aryl methyl sites for hydroxylation is 1. The number of nitrogens with zero attached hydrogens (tertiary/aromatic N) is 2. The second-order valence-corrected chi connectivity index (χ2v) is 4.06. The fraction of sp³-hybridized carbons (Fsp3) is 0.308. The van der Waals surface area contributed by atoms with Crippen LogP contribution in [0.15, 0.2) is 24.3 Å². The number of hydrogen-bond donors (Lipinski definition) is 1. The molecular formula is C13H16FN3. The summed E-state index contributed by atoms with van der Waals surface area (Å²) in [5, 5.41) is 4.39. The molecule has 0 aliphatic rings. The van der Waals surface area contributed by atoms with E-state index in [1.165, 1.54) is 6.07 Å². The molecule has 0 saturated carbocycles. The highest BCUT2D eigenvalue weighted by atomic mass is 19.1. The number of rotatable bonds is 3. The lowest BCUT2D eigenvalue weighted by atomic mass is 10.1. The van der Waals surface area contributed by atoms with Gasteiger partial charge in [0.05, 0.1) is 11.4 Å². The molecule has 2 N–H and O–H groups in total. The first-order valence-electron chi connectivity index (χ1n) is 5.62. The molecule has 0 radical (unpaired) electrons. The maximum absolute atomic E-state index is 13.8. The average molecular weight is 233 g/mol. The molecule has 4 heteroatoms. The molecule has 0 fully saturated rings. The van der Waals surface area contributed by atoms with Crippen molar-refractivity contribution in [3.05, 3.63) is 41.3 Å². The highest BCUT2D eigenvalue weighted by Gasteiger charge is 2.15. The highest BCUT2D eigenvalue weighted by molar-refractivity contribution is 5.65. The second-order valence-electron chi connectivity index (χ2n) is 4.06. The summed E-state index contributed by atoms with van der Waals surface area (Å²) in [4.78, 5) is 0. The van der Waals surface area contributed by atoms with Gasteiger partial charge in [-0.05, 0) is 31.2 Å². The van der Waals surface area contributed by atoms with Crippen molar-refractivity contribution in [1.29, 1.82) is 0 Å². The summed E-state index contributed by atoms with van der Waals surface area (Å²) in [6.45, 7) is 2.51. The van der Waals surface area contributed by atoms with Gasteiger partial charge in [-0.2, -0.15) is 5.10 Å². The summed E-state index contributed by atoms with van der Waals surface area (Å²) in [7, 11) is 1.83. The minimum atomic E-state index is -0.224. The lowest BCUT2D eigenvalue weighted by Crippen LogP contribution is -2.04. The van der Waals surface area contributed by atoms with E-state index in [9.17, 15) is 4.39 Å². The SMILES string of the molecule is Cc1c(CCN)nn(C)c1-c1ccccc1F. The van der Waals surface area contributed by atoms with E-state index in [0.29, 0.717) is 18.5 Å². The van der Waals surface area contributed by atoms with Gasteiger partial charge in [0.2, 0.25) is 0 Å². The first-order valence-corrected chi connectivity index (χ1v) is 5.62. The third-order valence-corrected chi connectivity index (χ3v) is 2.89. The summed E-state index contributed by atoms with van der Waals surface area (Å²) >= 11 is 0. The fourth-order valence-electron chi connectivity index (χ4n) is 2.09. The molecule has 0 aliphatic carbocycles. The largest absolute Gasteiger partial charge is 0.330 e. The van der Waals surface area contributed by atoms with Gasteiger partial charge in [0.25, 0.3) is 0 Å². The van der Waals surface area contributed by atoms with Crippen molar-refractivity contribution in [2.45, 2.75) is 13.3 Å². The van der Waals surface area contributed by atoms with Crippen molar-refractivity contribution in [3.8, 4) is 11.3 Å². The predicted octanol–water partition coefficient (Wildman–Crippen LogP) is 2.04. The zero-order chi connectivity index (χ0) is 12.4. The van der Waals surface area contributed by atoms with E-state index >= 15 is 0 Å². The molecule has 0 spiro atoms. The summed E-state index contributed by atoms with van der Waals surface area (Å²) in [6.07, 6.45) is 0.716. The Labute approximate surface area is 100 Å². The monoisotopic (exact) mass is 233 g/mol. The Morgan fingerprint density at radius 1 is 1.35 bits per heavy atom. The number of hydrogen-bond acceptors (Lipinski definition) is 2. The second kappa shape index (κ2) is 4.67. The molecule has 0 bridgehead atoms. The van der Waals surface area contributed by atoms with Crippen molar-refractivity contribution < 1.29 is 4.39 Å². The molecule has 0 amide bonds. The van der Waals surface area contributed by atoms with Gasteiger partial charge in [0, 0.05) is 19.0 Å². The highest BCUT2D eigenvalue weighted by Crippen LogP contribution is 2.27. The van der Waals surface area contributed by atoms with Gasteiger partial charge >= 0.3 is 0 Å². The van der Waals surface area contributed by atoms with Crippen LogP contribution in [0, 0.1) is 12.7 Å². The predicted molar refractivity (Wildman–Crippen MR) is 66.1 cm³/mol. The number of aromatic nitrogens is 2. The van der Waals surface area contributed by atoms with Crippen molar-refractivity contribution in [2.24, 2.45) is 12.8 Å². The Bertz CT molecular complexity index is 531. The normalized spacial score (nSPS) is 10.8. The minimum absolute atomic E-state index is 0.224. The van der Waals surface area contributed by atoms with Crippen molar-refractivity contribution in [2.75, 3.05) is 6.54 Å². The van der Waals surface area contributed by atoms with Crippen LogP contribution in [0.25, 0.3) is 11.3 Å². The van der Waals surface area contributed by atoms with Gasteiger partial charge < -0.3 is 5.73 Å². The van der Waals surface area contributed by atoms with Crippen molar-refractivity contribution in [1.82, 2.24) is 9.78 Å². The van der Waals surface area contributed by atoms with E-state index in [4.69, 9.17) is 5.73 Å². The number of benzene rings is 1. The first kappa shape index (κ1) is 11.8. The standard InChI is InChI=1S/C13H16FN3/c1-9-12(7-8-15)16-17(2)13(9)10-5-3-4-6-11(10)14/h3-6H,7-8,15H2,1-2H3. The Kier molecular flexibility index (Phi) is 3.24. The Morgan fingerprint density at radius 2 is 2.06 bits per heavy atom. The zero-order valence-corrected chi connectivity index (χ0v) is 10.1. The molecule has 1 aromatic carbocycles. The van der Waals surface area contributed by atoms with Crippen LogP contribution in [0.1, 0.15) is 11.3 Å². The molecule has 0 atom stereocenters. The number of nitrogens with two attached hydrogens (primary N) is 1. The van der Waals surface area contributed by atoms with Gasteiger partial charge in [0.15, 0.2) is 0 Å². The van der Waals surface area contributed by atoms with E-state index in [1.807, 2.05) is 20.0 Å². The van der Waals surface area contributed by atoms with E-state index in [2.05, 4.69) is 5.10 Å². The Balaban J connectivity index is 2.56. The molecule has 1 heterocycles. The molecule has 3 nitrogen and oxygen atoms in total. The van der Waals surface area contributed by atoms with Crippen LogP contribution in [-0.4, -0.2) is 16.3 Å². The van der Waals surface area contributed by atoms with Crippen LogP contribution in [0.5, 0.6) is 0 Å². The third-order valence-electron chi connectivity index (χ3n) is 2.89. The van der Waals surface area contributed by atoms with Crippen LogP contribution < -0.4 is 5.73 Å². The topological polar surface area (TPSA) is 43.8 Å². The smallest absolute Gasteiger partial charge is 0.132 e. The molecule has 90 valence electrons. The maximum atomic E-state index is 13.8. The van der Waals surface area contributed by atoms with E-state index in [-0.39, 0.29) is 5.82 Å². The average Bonchev–Trinajstić information content (AvgIpc) is 2.57. The summed E-state index contributed by atoms with van der Waals surface area (Å²) in [5.41, 5.74) is 8.89. The third kappa shape index (κ3) is 2.08. The summed E-state index contributed by atoms with van der Waals surface area (Å²) in [5.74, 6) is -0.224. The van der Waals surface area contributed by atoms with Crippen molar-refractivity contribution >= 4 is 0 Å². The summed E-state index contributed by atoms with van der Waals surface area (Å²) < 4.78 is 15.5. The number of halogens is 1. The molecule has 0 unspecified atom stereocenters. The molecule has 17 heavy (non-hydrogen) atoms. The Hall–Kier alpha value is -1.68.